The molecule has 2 N–H and O–H groups in total. The summed E-state index contributed by atoms with van der Waals surface area (Å²) in [5.74, 6) is -2.43. The van der Waals surface area contributed by atoms with E-state index in [0.717, 1.165) is 6.26 Å². The molecule has 0 bridgehead atoms. The number of hydrogen-bond acceptors (Lipinski definition) is 6. The van der Waals surface area contributed by atoms with Crippen LogP contribution in [0, 0.1) is 0 Å². The van der Waals surface area contributed by atoms with E-state index in [1.54, 1.807) is 12.1 Å². The van der Waals surface area contributed by atoms with E-state index in [2.05, 4.69) is 10.6 Å². The van der Waals surface area contributed by atoms with Gasteiger partial charge in [-0.1, -0.05) is 23.7 Å². The van der Waals surface area contributed by atoms with Crippen LogP contribution in [0.2, 0.25) is 5.02 Å². The molecule has 0 saturated carbocycles. The van der Waals surface area contributed by atoms with Gasteiger partial charge in [-0.2, -0.15) is 0 Å². The van der Waals surface area contributed by atoms with Gasteiger partial charge < -0.3 is 15.4 Å². The Morgan fingerprint density at radius 2 is 1.88 bits per heavy atom. The standard InChI is InChI=1S/C15H19ClN2O6S/c1-17-13(19)9-24-15(21)12(7-8-25(2,22)23)18-14(20)10-5-3-4-6-11(10)16/h3-6,12H,7-9H2,1-2H3,(H,17,19)(H,18,20)/t12-/m1/s1. The number of esters is 1. The number of hydrogen-bond donors (Lipinski definition) is 2. The topological polar surface area (TPSA) is 119 Å². The second-order valence-corrected chi connectivity index (χ2v) is 7.87. The highest BCUT2D eigenvalue weighted by molar-refractivity contribution is 7.90. The van der Waals surface area contributed by atoms with Crippen LogP contribution >= 0.6 is 11.6 Å². The number of nitrogens with one attached hydrogen (secondary N) is 2. The molecule has 1 rings (SSSR count). The summed E-state index contributed by atoms with van der Waals surface area (Å²) in [5.41, 5.74) is 0.132. The Morgan fingerprint density at radius 3 is 2.44 bits per heavy atom. The van der Waals surface area contributed by atoms with Gasteiger partial charge in [-0.3, -0.25) is 9.59 Å². The van der Waals surface area contributed by atoms with E-state index in [1.165, 1.54) is 19.2 Å². The van der Waals surface area contributed by atoms with Crippen LogP contribution < -0.4 is 10.6 Å². The molecule has 2 amide bonds. The van der Waals surface area contributed by atoms with Gasteiger partial charge in [0.05, 0.1) is 16.3 Å². The van der Waals surface area contributed by atoms with Gasteiger partial charge in [-0.25, -0.2) is 13.2 Å². The van der Waals surface area contributed by atoms with Gasteiger partial charge in [0.15, 0.2) is 6.61 Å². The molecule has 1 aromatic carbocycles. The summed E-state index contributed by atoms with van der Waals surface area (Å²) in [5, 5.41) is 4.85. The van der Waals surface area contributed by atoms with Gasteiger partial charge in [-0.15, -0.1) is 0 Å². The fourth-order valence-corrected chi connectivity index (χ4v) is 2.66. The molecule has 10 heteroatoms. The molecule has 1 aromatic rings. The monoisotopic (exact) mass is 390 g/mol. The van der Waals surface area contributed by atoms with Gasteiger partial charge in [0, 0.05) is 13.3 Å². The normalized spacial score (nSPS) is 12.1. The van der Waals surface area contributed by atoms with Crippen molar-refractivity contribution in [3.8, 4) is 0 Å². The summed E-state index contributed by atoms with van der Waals surface area (Å²) in [4.78, 5) is 35.5. The van der Waals surface area contributed by atoms with E-state index in [0.29, 0.717) is 0 Å². The smallest absolute Gasteiger partial charge is 0.329 e. The molecule has 25 heavy (non-hydrogen) atoms. The first kappa shape index (κ1) is 20.9. The van der Waals surface area contributed by atoms with Gasteiger partial charge in [-0.05, 0) is 18.6 Å². The SMILES string of the molecule is CNC(=O)COC(=O)[C@@H](CCS(C)(=O)=O)NC(=O)c1ccccc1Cl. The minimum absolute atomic E-state index is 0.132. The number of likely N-dealkylation sites (N-methyl/N-ethyl adjacent to an activating group) is 1. The predicted molar refractivity (Wildman–Crippen MR) is 92.1 cm³/mol. The van der Waals surface area contributed by atoms with E-state index in [4.69, 9.17) is 16.3 Å². The molecule has 0 aliphatic heterocycles. The van der Waals surface area contributed by atoms with Crippen LogP contribution in [0.1, 0.15) is 16.8 Å². The van der Waals surface area contributed by atoms with Crippen LogP contribution in [0.4, 0.5) is 0 Å². The molecule has 8 nitrogen and oxygen atoms in total. The summed E-state index contributed by atoms with van der Waals surface area (Å²) in [6.07, 6.45) is 0.817. The Kier molecular flexibility index (Phi) is 7.85. The van der Waals surface area contributed by atoms with E-state index < -0.39 is 40.3 Å². The molecule has 0 heterocycles. The summed E-state index contributed by atoms with van der Waals surface area (Å²) in [6, 6.07) is 4.96. The number of ether oxygens (including phenoxy) is 1. The maximum Gasteiger partial charge on any atom is 0.329 e. The predicted octanol–water partition coefficient (Wildman–Crippen LogP) is 0.162. The fraction of sp³-hybridized carbons (Fsp3) is 0.400. The molecule has 138 valence electrons. The number of amides is 2. The molecule has 1 atom stereocenters. The Bertz CT molecular complexity index is 750. The molecule has 0 radical (unpaired) electrons. The lowest BCUT2D eigenvalue weighted by Gasteiger charge is -2.17. The van der Waals surface area contributed by atoms with Crippen molar-refractivity contribution in [1.82, 2.24) is 10.6 Å². The van der Waals surface area contributed by atoms with Crippen LogP contribution in [0.5, 0.6) is 0 Å². The third-order valence-electron chi connectivity index (χ3n) is 3.11. The van der Waals surface area contributed by atoms with Crippen LogP contribution in [0.25, 0.3) is 0 Å². The second-order valence-electron chi connectivity index (χ2n) is 5.21. The Labute approximate surface area is 150 Å². The van der Waals surface area contributed by atoms with Crippen molar-refractivity contribution < 1.29 is 27.5 Å². The van der Waals surface area contributed by atoms with Crippen LogP contribution in [-0.2, 0) is 24.2 Å². The largest absolute Gasteiger partial charge is 0.454 e. The van der Waals surface area contributed by atoms with Crippen molar-refractivity contribution in [1.29, 1.82) is 0 Å². The third-order valence-corrected chi connectivity index (χ3v) is 4.42. The number of rotatable bonds is 8. The molecular formula is C15H19ClN2O6S. The zero-order valence-corrected chi connectivity index (χ0v) is 15.3. The van der Waals surface area contributed by atoms with E-state index in [9.17, 15) is 22.8 Å². The van der Waals surface area contributed by atoms with Gasteiger partial charge in [0.1, 0.15) is 15.9 Å². The highest BCUT2D eigenvalue weighted by atomic mass is 35.5. The van der Waals surface area contributed by atoms with Crippen molar-refractivity contribution in [3.63, 3.8) is 0 Å². The minimum Gasteiger partial charge on any atom is -0.454 e. The van der Waals surface area contributed by atoms with Crippen LogP contribution in [0.15, 0.2) is 24.3 Å². The third kappa shape index (κ3) is 7.53. The van der Waals surface area contributed by atoms with E-state index in [1.807, 2.05) is 0 Å². The zero-order chi connectivity index (χ0) is 19.0. The van der Waals surface area contributed by atoms with Crippen molar-refractivity contribution in [2.24, 2.45) is 0 Å². The molecule has 0 unspecified atom stereocenters. The lowest BCUT2D eigenvalue weighted by Crippen LogP contribution is -2.44. The molecule has 0 aromatic heterocycles. The number of carbonyl (C=O) groups is 3. The zero-order valence-electron chi connectivity index (χ0n) is 13.7. The van der Waals surface area contributed by atoms with Crippen molar-refractivity contribution in [2.45, 2.75) is 12.5 Å². The average Bonchev–Trinajstić information content (AvgIpc) is 2.55. The first-order chi connectivity index (χ1) is 11.6. The average molecular weight is 391 g/mol. The van der Waals surface area contributed by atoms with Gasteiger partial charge in [0.25, 0.3) is 11.8 Å². The van der Waals surface area contributed by atoms with Gasteiger partial charge >= 0.3 is 5.97 Å². The lowest BCUT2D eigenvalue weighted by atomic mass is 10.1. The maximum absolute atomic E-state index is 12.3. The molecule has 0 saturated heterocycles. The van der Waals surface area contributed by atoms with Crippen LogP contribution in [0.3, 0.4) is 0 Å². The number of benzene rings is 1. The van der Waals surface area contributed by atoms with Crippen molar-refractivity contribution >= 4 is 39.2 Å². The summed E-state index contributed by atoms with van der Waals surface area (Å²) >= 11 is 5.93. The molecular weight excluding hydrogens is 372 g/mol. The Balaban J connectivity index is 2.86. The number of halogens is 1. The fourth-order valence-electron chi connectivity index (χ4n) is 1.77. The van der Waals surface area contributed by atoms with Crippen LogP contribution in [-0.4, -0.2) is 57.9 Å². The Hall–Kier alpha value is -2.13. The summed E-state index contributed by atoms with van der Waals surface area (Å²) < 4.78 is 27.5. The highest BCUT2D eigenvalue weighted by Crippen LogP contribution is 2.15. The quantitative estimate of drug-likeness (QED) is 0.610. The summed E-state index contributed by atoms with van der Waals surface area (Å²) in [7, 11) is -1.99. The first-order valence-electron chi connectivity index (χ1n) is 7.24. The van der Waals surface area contributed by atoms with E-state index >= 15 is 0 Å². The Morgan fingerprint density at radius 1 is 1.24 bits per heavy atom. The lowest BCUT2D eigenvalue weighted by molar-refractivity contribution is -0.150. The molecule has 0 aliphatic carbocycles. The molecule has 0 aliphatic rings. The number of carbonyl (C=O) groups excluding carboxylic acids is 3. The highest BCUT2D eigenvalue weighted by Gasteiger charge is 2.25. The number of sulfone groups is 1. The van der Waals surface area contributed by atoms with Crippen molar-refractivity contribution in [3.05, 3.63) is 34.9 Å². The maximum atomic E-state index is 12.3. The van der Waals surface area contributed by atoms with E-state index in [-0.39, 0.29) is 22.8 Å². The molecule has 0 fully saturated rings. The minimum atomic E-state index is -3.36. The van der Waals surface area contributed by atoms with Gasteiger partial charge in [0.2, 0.25) is 0 Å². The second kappa shape index (κ2) is 9.38. The van der Waals surface area contributed by atoms with Crippen molar-refractivity contribution in [2.75, 3.05) is 25.7 Å². The molecule has 0 spiro atoms. The first-order valence-corrected chi connectivity index (χ1v) is 9.68. The summed E-state index contributed by atoms with van der Waals surface area (Å²) in [6.45, 7) is -0.535.